The molecule has 1 aromatic carbocycles. The van der Waals surface area contributed by atoms with Crippen molar-refractivity contribution in [3.05, 3.63) is 29.1 Å². The summed E-state index contributed by atoms with van der Waals surface area (Å²) >= 11 is 1.45. The standard InChI is InChI=1S/C14H18N2O3S2/c1-16(10-6-7-19-9-10)21(17,18)14-11-4-2-3-5-12(11)20-13(14)8-15/h2-5,10H,6-9,15H2,1H3. The first-order valence-corrected chi connectivity index (χ1v) is 9.07. The zero-order valence-electron chi connectivity index (χ0n) is 11.8. The number of thiophene rings is 1. The molecule has 5 nitrogen and oxygen atoms in total. The average molecular weight is 326 g/mol. The van der Waals surface area contributed by atoms with E-state index in [9.17, 15) is 8.42 Å². The highest BCUT2D eigenvalue weighted by atomic mass is 32.2. The highest BCUT2D eigenvalue weighted by Crippen LogP contribution is 2.36. The Morgan fingerprint density at radius 1 is 1.43 bits per heavy atom. The van der Waals surface area contributed by atoms with Gasteiger partial charge in [-0.1, -0.05) is 18.2 Å². The third-order valence-electron chi connectivity index (χ3n) is 3.86. The van der Waals surface area contributed by atoms with Gasteiger partial charge in [0.05, 0.1) is 12.6 Å². The quantitative estimate of drug-likeness (QED) is 0.929. The van der Waals surface area contributed by atoms with E-state index >= 15 is 0 Å². The van der Waals surface area contributed by atoms with E-state index in [-0.39, 0.29) is 12.6 Å². The largest absolute Gasteiger partial charge is 0.380 e. The molecule has 1 saturated heterocycles. The van der Waals surface area contributed by atoms with Gasteiger partial charge in [-0.15, -0.1) is 11.3 Å². The predicted octanol–water partition coefficient (Wildman–Crippen LogP) is 1.77. The van der Waals surface area contributed by atoms with E-state index in [0.29, 0.717) is 23.0 Å². The Balaban J connectivity index is 2.13. The van der Waals surface area contributed by atoms with Gasteiger partial charge in [-0.2, -0.15) is 4.31 Å². The molecule has 1 aliphatic rings. The summed E-state index contributed by atoms with van der Waals surface area (Å²) in [7, 11) is -1.94. The van der Waals surface area contributed by atoms with E-state index < -0.39 is 10.0 Å². The number of rotatable bonds is 4. The second kappa shape index (κ2) is 5.66. The highest BCUT2D eigenvalue weighted by Gasteiger charge is 2.34. The maximum atomic E-state index is 13.0. The second-order valence-corrected chi connectivity index (χ2v) is 8.16. The molecule has 0 amide bonds. The number of fused-ring (bicyclic) bond motifs is 1. The highest BCUT2D eigenvalue weighted by molar-refractivity contribution is 7.89. The van der Waals surface area contributed by atoms with Crippen molar-refractivity contribution in [1.82, 2.24) is 4.31 Å². The van der Waals surface area contributed by atoms with Crippen LogP contribution in [0.1, 0.15) is 11.3 Å². The summed E-state index contributed by atoms with van der Waals surface area (Å²) in [6, 6.07) is 7.43. The molecular weight excluding hydrogens is 308 g/mol. The topological polar surface area (TPSA) is 72.6 Å². The molecule has 0 bridgehead atoms. The molecule has 1 aromatic heterocycles. The minimum atomic E-state index is -3.56. The van der Waals surface area contributed by atoms with E-state index in [1.165, 1.54) is 15.6 Å². The summed E-state index contributed by atoms with van der Waals surface area (Å²) in [5.41, 5.74) is 5.77. The van der Waals surface area contributed by atoms with E-state index in [2.05, 4.69) is 0 Å². The molecule has 21 heavy (non-hydrogen) atoms. The number of nitrogens with two attached hydrogens (primary N) is 1. The Kier molecular flexibility index (Phi) is 4.02. The van der Waals surface area contributed by atoms with Gasteiger partial charge in [0.1, 0.15) is 4.90 Å². The number of hydrogen-bond donors (Lipinski definition) is 1. The number of ether oxygens (including phenoxy) is 1. The summed E-state index contributed by atoms with van der Waals surface area (Å²) in [4.78, 5) is 1.07. The molecule has 2 heterocycles. The Labute approximate surface area is 128 Å². The SMILES string of the molecule is CN(C1CCOC1)S(=O)(=O)c1c(CN)sc2ccccc12. The predicted molar refractivity (Wildman–Crippen MR) is 83.9 cm³/mol. The van der Waals surface area contributed by atoms with Crippen LogP contribution in [0.4, 0.5) is 0 Å². The Morgan fingerprint density at radius 2 is 2.19 bits per heavy atom. The van der Waals surface area contributed by atoms with E-state index in [4.69, 9.17) is 10.5 Å². The molecular formula is C14H18N2O3S2. The van der Waals surface area contributed by atoms with Gasteiger partial charge in [-0.05, 0) is 12.5 Å². The fourth-order valence-electron chi connectivity index (χ4n) is 2.64. The van der Waals surface area contributed by atoms with Gasteiger partial charge in [0.15, 0.2) is 0 Å². The van der Waals surface area contributed by atoms with E-state index in [1.54, 1.807) is 7.05 Å². The van der Waals surface area contributed by atoms with Crippen molar-refractivity contribution in [1.29, 1.82) is 0 Å². The van der Waals surface area contributed by atoms with Crippen LogP contribution >= 0.6 is 11.3 Å². The number of benzene rings is 1. The summed E-state index contributed by atoms with van der Waals surface area (Å²) in [5, 5.41) is 0.758. The number of sulfonamides is 1. The van der Waals surface area contributed by atoms with Crippen molar-refractivity contribution in [2.45, 2.75) is 23.9 Å². The molecule has 0 saturated carbocycles. The minimum absolute atomic E-state index is 0.0979. The lowest BCUT2D eigenvalue weighted by Gasteiger charge is -2.23. The van der Waals surface area contributed by atoms with Gasteiger partial charge < -0.3 is 10.5 Å². The molecule has 0 spiro atoms. The molecule has 1 aliphatic heterocycles. The molecule has 3 rings (SSSR count). The first-order chi connectivity index (χ1) is 10.1. The third kappa shape index (κ3) is 2.49. The summed E-state index contributed by atoms with van der Waals surface area (Å²) in [5.74, 6) is 0. The summed E-state index contributed by atoms with van der Waals surface area (Å²) in [6.07, 6.45) is 0.732. The normalized spacial score (nSPS) is 19.7. The van der Waals surface area contributed by atoms with Crippen LogP contribution in [0.5, 0.6) is 0 Å². The minimum Gasteiger partial charge on any atom is -0.380 e. The number of hydrogen-bond acceptors (Lipinski definition) is 5. The van der Waals surface area contributed by atoms with Crippen LogP contribution < -0.4 is 5.73 Å². The Hall–Kier alpha value is -0.990. The number of nitrogens with zero attached hydrogens (tertiary/aromatic N) is 1. The maximum absolute atomic E-state index is 13.0. The molecule has 1 unspecified atom stereocenters. The van der Waals surface area contributed by atoms with Crippen LogP contribution in [0.15, 0.2) is 29.2 Å². The van der Waals surface area contributed by atoms with Crippen molar-refractivity contribution >= 4 is 31.4 Å². The fraction of sp³-hybridized carbons (Fsp3) is 0.429. The Bertz CT molecular complexity index is 749. The lowest BCUT2D eigenvalue weighted by atomic mass is 10.2. The van der Waals surface area contributed by atoms with Gasteiger partial charge in [-0.3, -0.25) is 0 Å². The Morgan fingerprint density at radius 3 is 2.86 bits per heavy atom. The van der Waals surface area contributed by atoms with Crippen LogP contribution in [-0.2, 0) is 21.3 Å². The second-order valence-electron chi connectivity index (χ2n) is 5.09. The lowest BCUT2D eigenvalue weighted by molar-refractivity contribution is 0.181. The van der Waals surface area contributed by atoms with Gasteiger partial charge in [-0.25, -0.2) is 8.42 Å². The van der Waals surface area contributed by atoms with Gasteiger partial charge in [0, 0.05) is 35.2 Å². The molecule has 1 fully saturated rings. The zero-order valence-corrected chi connectivity index (χ0v) is 13.4. The van der Waals surface area contributed by atoms with Crippen LogP contribution in [0.3, 0.4) is 0 Å². The molecule has 0 aliphatic carbocycles. The van der Waals surface area contributed by atoms with Crippen LogP contribution in [-0.4, -0.2) is 39.0 Å². The summed E-state index contributed by atoms with van der Waals surface area (Å²) in [6.45, 7) is 1.29. The van der Waals surface area contributed by atoms with Crippen molar-refractivity contribution < 1.29 is 13.2 Å². The van der Waals surface area contributed by atoms with Crippen LogP contribution in [0.2, 0.25) is 0 Å². The van der Waals surface area contributed by atoms with Gasteiger partial charge >= 0.3 is 0 Å². The summed E-state index contributed by atoms with van der Waals surface area (Å²) < 4.78 is 33.7. The monoisotopic (exact) mass is 326 g/mol. The van der Waals surface area contributed by atoms with E-state index in [1.807, 2.05) is 24.3 Å². The zero-order chi connectivity index (χ0) is 15.0. The molecule has 2 aromatic rings. The van der Waals surface area contributed by atoms with Crippen LogP contribution in [0.25, 0.3) is 10.1 Å². The van der Waals surface area contributed by atoms with Crippen molar-refractivity contribution in [3.63, 3.8) is 0 Å². The molecule has 1 atom stereocenters. The molecule has 114 valence electrons. The van der Waals surface area contributed by atoms with Crippen molar-refractivity contribution in [2.24, 2.45) is 5.73 Å². The first kappa shape index (κ1) is 14.9. The average Bonchev–Trinajstić information content (AvgIpc) is 3.13. The smallest absolute Gasteiger partial charge is 0.244 e. The van der Waals surface area contributed by atoms with Gasteiger partial charge in [0.25, 0.3) is 0 Å². The van der Waals surface area contributed by atoms with Crippen molar-refractivity contribution in [3.8, 4) is 0 Å². The molecule has 7 heteroatoms. The van der Waals surface area contributed by atoms with Crippen molar-refractivity contribution in [2.75, 3.05) is 20.3 Å². The lowest BCUT2D eigenvalue weighted by Crippen LogP contribution is -2.37. The molecule has 2 N–H and O–H groups in total. The third-order valence-corrected chi connectivity index (χ3v) is 7.22. The van der Waals surface area contributed by atoms with E-state index in [0.717, 1.165) is 16.5 Å². The first-order valence-electron chi connectivity index (χ1n) is 6.82. The maximum Gasteiger partial charge on any atom is 0.244 e. The van der Waals surface area contributed by atoms with Crippen LogP contribution in [0, 0.1) is 0 Å². The van der Waals surface area contributed by atoms with Gasteiger partial charge in [0.2, 0.25) is 10.0 Å². The number of likely N-dealkylation sites (N-methyl/N-ethyl adjacent to an activating group) is 1. The fourth-order valence-corrected chi connectivity index (χ4v) is 5.80. The molecule has 0 radical (unpaired) electrons.